The van der Waals surface area contributed by atoms with Crippen LogP contribution in [-0.4, -0.2) is 73.3 Å². The minimum absolute atomic E-state index is 0.0158. The lowest BCUT2D eigenvalue weighted by molar-refractivity contribution is -0.135. The summed E-state index contributed by atoms with van der Waals surface area (Å²) >= 11 is 3.49. The van der Waals surface area contributed by atoms with Crippen LogP contribution < -0.4 is 10.2 Å². The maximum absolute atomic E-state index is 13.0. The van der Waals surface area contributed by atoms with Crippen LogP contribution in [0.2, 0.25) is 0 Å². The van der Waals surface area contributed by atoms with Gasteiger partial charge in [-0.25, -0.2) is 0 Å². The number of carbonyl (C=O) groups is 3. The lowest BCUT2D eigenvalue weighted by atomic mass is 10.1. The molecule has 3 rings (SSSR count). The third-order valence-electron chi connectivity index (χ3n) is 5.26. The number of anilines is 1. The smallest absolute Gasteiger partial charge is 0.234 e. The van der Waals surface area contributed by atoms with Crippen LogP contribution in [-0.2, 0) is 14.4 Å². The largest absolute Gasteiger partial charge is 0.355 e. The van der Waals surface area contributed by atoms with Gasteiger partial charge in [-0.1, -0.05) is 12.1 Å². The summed E-state index contributed by atoms with van der Waals surface area (Å²) in [4.78, 5) is 43.0. The molecule has 0 spiro atoms. The zero-order valence-corrected chi connectivity index (χ0v) is 17.8. The predicted molar refractivity (Wildman–Crippen MR) is 111 cm³/mol. The molecule has 1 aromatic carbocycles. The van der Waals surface area contributed by atoms with E-state index < -0.39 is 0 Å². The van der Waals surface area contributed by atoms with Crippen LogP contribution in [0.3, 0.4) is 0 Å². The Morgan fingerprint density at radius 3 is 2.71 bits per heavy atom. The van der Waals surface area contributed by atoms with Gasteiger partial charge in [-0.15, -0.1) is 0 Å². The second-order valence-corrected chi connectivity index (χ2v) is 8.12. The summed E-state index contributed by atoms with van der Waals surface area (Å²) in [5.41, 5.74) is 0.812. The molecule has 2 heterocycles. The monoisotopic (exact) mass is 450 g/mol. The molecule has 2 fully saturated rings. The molecule has 2 aliphatic rings. The Balaban J connectivity index is 1.58. The Morgan fingerprint density at radius 2 is 1.96 bits per heavy atom. The van der Waals surface area contributed by atoms with Crippen LogP contribution in [0.1, 0.15) is 19.8 Å². The molecular formula is C20H27BrN4O3. The predicted octanol–water partition coefficient (Wildman–Crippen LogP) is 1.47. The lowest BCUT2D eigenvalue weighted by Gasteiger charge is -2.24. The van der Waals surface area contributed by atoms with E-state index in [-0.39, 0.29) is 30.1 Å². The van der Waals surface area contributed by atoms with Crippen LogP contribution >= 0.6 is 15.9 Å². The van der Waals surface area contributed by atoms with Gasteiger partial charge < -0.3 is 15.1 Å². The highest BCUT2D eigenvalue weighted by Crippen LogP contribution is 2.32. The van der Waals surface area contributed by atoms with E-state index in [4.69, 9.17) is 0 Å². The molecule has 0 aromatic heterocycles. The van der Waals surface area contributed by atoms with Crippen LogP contribution in [0.5, 0.6) is 0 Å². The summed E-state index contributed by atoms with van der Waals surface area (Å²) < 4.78 is 0.854. The normalized spacial score (nSPS) is 20.9. The highest BCUT2D eigenvalue weighted by atomic mass is 79.9. The molecule has 0 bridgehead atoms. The summed E-state index contributed by atoms with van der Waals surface area (Å²) in [5.74, 6) is -0.261. The van der Waals surface area contributed by atoms with Gasteiger partial charge in [0, 0.05) is 50.2 Å². The molecule has 8 heteroatoms. The Bertz CT molecular complexity index is 742. The van der Waals surface area contributed by atoms with Crippen molar-refractivity contribution in [2.75, 3.05) is 50.7 Å². The third-order valence-corrected chi connectivity index (χ3v) is 5.93. The minimum atomic E-state index is -0.311. The molecule has 2 aliphatic heterocycles. The minimum Gasteiger partial charge on any atom is -0.355 e. The SMILES string of the molecule is CCNC(=O)CN1CCCN(C(=O)C2CC(=O)N(c3ccccc3Br)C2)CC1. The van der Waals surface area contributed by atoms with Crippen molar-refractivity contribution in [1.82, 2.24) is 15.1 Å². The van der Waals surface area contributed by atoms with Gasteiger partial charge in [0.2, 0.25) is 17.7 Å². The Morgan fingerprint density at radius 1 is 1.18 bits per heavy atom. The Hall–Kier alpha value is -1.93. The summed E-state index contributed by atoms with van der Waals surface area (Å²) in [6.45, 7) is 6.06. The van der Waals surface area contributed by atoms with Gasteiger partial charge in [0.1, 0.15) is 0 Å². The standard InChI is InChI=1S/C20H27BrN4O3/c1-2-22-18(26)14-23-8-5-9-24(11-10-23)20(28)15-12-19(27)25(13-15)17-7-4-3-6-16(17)21/h3-4,6-7,15H,2,5,8-14H2,1H3,(H,22,26). The molecule has 2 saturated heterocycles. The van der Waals surface area contributed by atoms with Gasteiger partial charge in [-0.2, -0.15) is 0 Å². The van der Waals surface area contributed by atoms with Crippen molar-refractivity contribution < 1.29 is 14.4 Å². The molecule has 1 N–H and O–H groups in total. The third kappa shape index (κ3) is 4.91. The molecule has 7 nitrogen and oxygen atoms in total. The van der Waals surface area contributed by atoms with Gasteiger partial charge >= 0.3 is 0 Å². The van der Waals surface area contributed by atoms with Crippen molar-refractivity contribution >= 4 is 39.3 Å². The van der Waals surface area contributed by atoms with E-state index in [0.29, 0.717) is 39.3 Å². The second kappa shape index (κ2) is 9.52. The molecule has 0 aliphatic carbocycles. The van der Waals surface area contributed by atoms with Crippen LogP contribution in [0.4, 0.5) is 5.69 Å². The highest BCUT2D eigenvalue weighted by Gasteiger charge is 2.38. The summed E-state index contributed by atoms with van der Waals surface area (Å²) in [6, 6.07) is 7.58. The number of nitrogens with zero attached hydrogens (tertiary/aromatic N) is 3. The number of nitrogens with one attached hydrogen (secondary N) is 1. The number of para-hydroxylation sites is 1. The molecule has 3 amide bonds. The second-order valence-electron chi connectivity index (χ2n) is 7.27. The van der Waals surface area contributed by atoms with Crippen LogP contribution in [0, 0.1) is 5.92 Å². The fourth-order valence-electron chi connectivity index (χ4n) is 3.84. The van der Waals surface area contributed by atoms with Gasteiger partial charge in [0.05, 0.1) is 18.2 Å². The van der Waals surface area contributed by atoms with E-state index in [1.807, 2.05) is 36.1 Å². The first-order valence-electron chi connectivity index (χ1n) is 9.82. The van der Waals surface area contributed by atoms with Crippen molar-refractivity contribution in [1.29, 1.82) is 0 Å². The van der Waals surface area contributed by atoms with E-state index in [9.17, 15) is 14.4 Å². The summed E-state index contributed by atoms with van der Waals surface area (Å²) in [7, 11) is 0. The van der Waals surface area contributed by atoms with E-state index in [0.717, 1.165) is 23.1 Å². The molecule has 1 atom stereocenters. The number of hydrogen-bond donors (Lipinski definition) is 1. The first kappa shape index (κ1) is 20.8. The zero-order valence-electron chi connectivity index (χ0n) is 16.2. The molecule has 0 radical (unpaired) electrons. The van der Waals surface area contributed by atoms with E-state index in [1.54, 1.807) is 4.90 Å². The number of likely N-dealkylation sites (N-methyl/N-ethyl adjacent to an activating group) is 1. The van der Waals surface area contributed by atoms with Gasteiger partial charge in [-0.3, -0.25) is 19.3 Å². The number of carbonyl (C=O) groups excluding carboxylic acids is 3. The maximum Gasteiger partial charge on any atom is 0.234 e. The van der Waals surface area contributed by atoms with Gasteiger partial charge in [-0.05, 0) is 41.4 Å². The number of rotatable bonds is 5. The van der Waals surface area contributed by atoms with Gasteiger partial charge in [0.25, 0.3) is 0 Å². The zero-order chi connectivity index (χ0) is 20.1. The first-order valence-corrected chi connectivity index (χ1v) is 10.6. The average Bonchev–Trinajstić information content (AvgIpc) is 2.90. The fourth-order valence-corrected chi connectivity index (χ4v) is 4.34. The van der Waals surface area contributed by atoms with Crippen molar-refractivity contribution in [2.45, 2.75) is 19.8 Å². The first-order chi connectivity index (χ1) is 13.5. The number of benzene rings is 1. The number of halogens is 1. The molecule has 28 heavy (non-hydrogen) atoms. The molecular weight excluding hydrogens is 424 g/mol. The molecule has 1 aromatic rings. The van der Waals surface area contributed by atoms with Crippen molar-refractivity contribution in [2.24, 2.45) is 5.92 Å². The quantitative estimate of drug-likeness (QED) is 0.736. The molecule has 152 valence electrons. The van der Waals surface area contributed by atoms with Crippen LogP contribution in [0.25, 0.3) is 0 Å². The van der Waals surface area contributed by atoms with Crippen LogP contribution in [0.15, 0.2) is 28.7 Å². The maximum atomic E-state index is 13.0. The molecule has 0 saturated carbocycles. The van der Waals surface area contributed by atoms with Crippen molar-refractivity contribution in [3.63, 3.8) is 0 Å². The average molecular weight is 451 g/mol. The van der Waals surface area contributed by atoms with Crippen molar-refractivity contribution in [3.05, 3.63) is 28.7 Å². The van der Waals surface area contributed by atoms with Gasteiger partial charge in [0.15, 0.2) is 0 Å². The highest BCUT2D eigenvalue weighted by molar-refractivity contribution is 9.10. The Kier molecular flexibility index (Phi) is 7.07. The van der Waals surface area contributed by atoms with Crippen molar-refractivity contribution in [3.8, 4) is 0 Å². The van der Waals surface area contributed by atoms with E-state index in [2.05, 4.69) is 26.1 Å². The fraction of sp³-hybridized carbons (Fsp3) is 0.550. The number of hydrogen-bond acceptors (Lipinski definition) is 4. The van der Waals surface area contributed by atoms with E-state index in [1.165, 1.54) is 0 Å². The summed E-state index contributed by atoms with van der Waals surface area (Å²) in [5, 5.41) is 2.81. The number of amides is 3. The Labute approximate surface area is 174 Å². The topological polar surface area (TPSA) is 73.0 Å². The molecule has 1 unspecified atom stereocenters. The van der Waals surface area contributed by atoms with E-state index >= 15 is 0 Å². The lowest BCUT2D eigenvalue weighted by Crippen LogP contribution is -2.41. The summed E-state index contributed by atoms with van der Waals surface area (Å²) in [6.07, 6.45) is 1.08.